The Balaban J connectivity index is 1.34. The van der Waals surface area contributed by atoms with Crippen LogP contribution in [-0.2, 0) is 10.2 Å². The molecule has 12 heteroatoms. The van der Waals surface area contributed by atoms with Gasteiger partial charge in [-0.05, 0) is 48.6 Å². The number of aromatic nitrogens is 1. The summed E-state index contributed by atoms with van der Waals surface area (Å²) in [6, 6.07) is 6.45. The van der Waals surface area contributed by atoms with Crippen LogP contribution in [0.3, 0.4) is 0 Å². The van der Waals surface area contributed by atoms with Gasteiger partial charge in [-0.3, -0.25) is 19.6 Å². The molecule has 1 aromatic carbocycles. The number of benzene rings is 1. The molecule has 0 spiro atoms. The number of guanidine groups is 1. The molecule has 2 aromatic rings. The van der Waals surface area contributed by atoms with Crippen molar-refractivity contribution in [2.24, 2.45) is 4.99 Å². The fraction of sp³-hybridized carbons (Fsp3) is 0.440. The number of aliphatic imine (C=N–C) groups is 1. The monoisotopic (exact) mass is 578 g/mol. The maximum atomic E-state index is 13.6. The highest BCUT2D eigenvalue weighted by atomic mass is 79.9. The van der Waals surface area contributed by atoms with Gasteiger partial charge in [0.15, 0.2) is 5.96 Å². The van der Waals surface area contributed by atoms with E-state index < -0.39 is 35.8 Å². The van der Waals surface area contributed by atoms with Crippen molar-refractivity contribution in [3.8, 4) is 0 Å². The van der Waals surface area contributed by atoms with Crippen LogP contribution in [0.2, 0.25) is 0 Å². The lowest BCUT2D eigenvalue weighted by Gasteiger charge is -2.22. The number of hydrogen-bond acceptors (Lipinski definition) is 7. The predicted octanol–water partition coefficient (Wildman–Crippen LogP) is 2.87. The summed E-state index contributed by atoms with van der Waals surface area (Å²) in [5.74, 6) is -0.421. The minimum atomic E-state index is -2.44. The van der Waals surface area contributed by atoms with Gasteiger partial charge in [0.1, 0.15) is 0 Å². The molecule has 37 heavy (non-hydrogen) atoms. The second kappa shape index (κ2) is 11.5. The largest absolute Gasteiger partial charge is 0.389 e. The van der Waals surface area contributed by atoms with Gasteiger partial charge in [-0.15, -0.1) is 0 Å². The summed E-state index contributed by atoms with van der Waals surface area (Å²) >= 11 is 3.41. The van der Waals surface area contributed by atoms with Crippen LogP contribution in [0.25, 0.3) is 0 Å². The number of rotatable bonds is 9. The average molecular weight is 579 g/mol. The van der Waals surface area contributed by atoms with Crippen molar-refractivity contribution < 1.29 is 23.5 Å². The molecule has 198 valence electrons. The Labute approximate surface area is 221 Å². The normalized spacial score (nSPS) is 18.9. The summed E-state index contributed by atoms with van der Waals surface area (Å²) in [4.78, 5) is 33.5. The van der Waals surface area contributed by atoms with E-state index in [0.717, 1.165) is 5.56 Å². The van der Waals surface area contributed by atoms with Crippen molar-refractivity contribution in [1.29, 1.82) is 0 Å². The Hall–Kier alpha value is -3.12. The van der Waals surface area contributed by atoms with E-state index >= 15 is 0 Å². The van der Waals surface area contributed by atoms with Crippen LogP contribution in [0.15, 0.2) is 46.1 Å². The van der Waals surface area contributed by atoms with Crippen molar-refractivity contribution >= 4 is 39.4 Å². The number of aliphatic hydroxyl groups excluding tert-OH is 1. The molecule has 0 radical (unpaired) electrons. The van der Waals surface area contributed by atoms with E-state index in [2.05, 4.69) is 47.2 Å². The lowest BCUT2D eigenvalue weighted by Crippen LogP contribution is -2.42. The number of carbonyl (C=O) groups is 2. The summed E-state index contributed by atoms with van der Waals surface area (Å²) in [5, 5.41) is 20.9. The maximum Gasteiger partial charge on any atom is 0.253 e. The molecule has 2 heterocycles. The molecule has 1 aromatic heterocycles. The second-order valence-electron chi connectivity index (χ2n) is 9.25. The van der Waals surface area contributed by atoms with Gasteiger partial charge in [0.25, 0.3) is 5.91 Å². The summed E-state index contributed by atoms with van der Waals surface area (Å²) in [6.07, 6.45) is 1.34. The van der Waals surface area contributed by atoms with Gasteiger partial charge in [-0.2, -0.15) is 0 Å². The van der Waals surface area contributed by atoms with Crippen LogP contribution in [0.1, 0.15) is 53.7 Å². The summed E-state index contributed by atoms with van der Waals surface area (Å²) in [6.45, 7) is 2.26. The predicted molar refractivity (Wildman–Crippen MR) is 139 cm³/mol. The fourth-order valence-electron chi connectivity index (χ4n) is 4.18. The lowest BCUT2D eigenvalue weighted by atomic mass is 9.92. The van der Waals surface area contributed by atoms with Gasteiger partial charge in [0.2, 0.25) is 12.3 Å². The minimum absolute atomic E-state index is 0.250. The van der Waals surface area contributed by atoms with Crippen molar-refractivity contribution in [3.05, 3.63) is 57.8 Å². The molecule has 0 bridgehead atoms. The van der Waals surface area contributed by atoms with Crippen molar-refractivity contribution in [2.75, 3.05) is 25.0 Å². The van der Waals surface area contributed by atoms with E-state index in [0.29, 0.717) is 47.5 Å². The summed E-state index contributed by atoms with van der Waals surface area (Å²) in [7, 11) is 0. The molecule has 1 fully saturated rings. The van der Waals surface area contributed by atoms with Crippen molar-refractivity contribution in [1.82, 2.24) is 20.9 Å². The van der Waals surface area contributed by atoms with Crippen molar-refractivity contribution in [3.63, 3.8) is 0 Å². The number of β-amino-alcohol motifs (C(OH)–C–C–N with tert-alkyl or cyclic N) is 1. The third-order valence-corrected chi connectivity index (χ3v) is 6.94. The first-order chi connectivity index (χ1) is 17.7. The number of carbonyl (C=O) groups excluding carboxylic acids is 2. The first-order valence-corrected chi connectivity index (χ1v) is 12.8. The number of halogens is 3. The van der Waals surface area contributed by atoms with Gasteiger partial charge in [-0.1, -0.05) is 28.9 Å². The lowest BCUT2D eigenvalue weighted by molar-refractivity contribution is -0.120. The molecular formula is C25H29BrF2N6O3. The van der Waals surface area contributed by atoms with E-state index in [-0.39, 0.29) is 18.7 Å². The Morgan fingerprint density at radius 3 is 2.68 bits per heavy atom. The zero-order valence-electron chi connectivity index (χ0n) is 20.2. The second-order valence-corrected chi connectivity index (χ2v) is 10.2. The Morgan fingerprint density at radius 1 is 1.24 bits per heavy atom. The number of aliphatic hydroxyl groups is 1. The zero-order chi connectivity index (χ0) is 26.6. The SMILES string of the molecule is CCC(NC(=O)CNC(=O)c1cncc(NC2=NCC(O)CN2)c1)c1cc(Br)cc(C2(C(F)F)CC2)c1. The van der Waals surface area contributed by atoms with Gasteiger partial charge in [-0.25, -0.2) is 8.78 Å². The molecule has 2 aliphatic rings. The number of amides is 2. The first kappa shape index (κ1) is 26.9. The van der Waals surface area contributed by atoms with Crippen LogP contribution in [-0.4, -0.2) is 60.0 Å². The minimum Gasteiger partial charge on any atom is -0.389 e. The topological polar surface area (TPSA) is 128 Å². The number of alkyl halides is 2. The number of nitrogens with zero attached hydrogens (tertiary/aromatic N) is 2. The third-order valence-electron chi connectivity index (χ3n) is 6.49. The average Bonchev–Trinajstić information content (AvgIpc) is 3.69. The molecular weight excluding hydrogens is 550 g/mol. The van der Waals surface area contributed by atoms with Crippen LogP contribution < -0.4 is 21.3 Å². The van der Waals surface area contributed by atoms with Gasteiger partial charge < -0.3 is 26.4 Å². The molecule has 1 aliphatic heterocycles. The summed E-state index contributed by atoms with van der Waals surface area (Å²) in [5.41, 5.74) is 0.966. The zero-order valence-corrected chi connectivity index (χ0v) is 21.8. The Bertz CT molecular complexity index is 1190. The maximum absolute atomic E-state index is 13.6. The molecule has 0 saturated heterocycles. The van der Waals surface area contributed by atoms with Crippen LogP contribution in [0, 0.1) is 0 Å². The van der Waals surface area contributed by atoms with E-state index in [9.17, 15) is 23.5 Å². The molecule has 2 unspecified atom stereocenters. The van der Waals surface area contributed by atoms with E-state index in [1.165, 1.54) is 12.4 Å². The Kier molecular flexibility index (Phi) is 8.38. The molecule has 1 saturated carbocycles. The van der Waals surface area contributed by atoms with E-state index in [1.54, 1.807) is 18.2 Å². The quantitative estimate of drug-likeness (QED) is 0.311. The van der Waals surface area contributed by atoms with Crippen LogP contribution in [0.5, 0.6) is 0 Å². The fourth-order valence-corrected chi connectivity index (χ4v) is 4.69. The molecule has 1 aliphatic carbocycles. The molecule has 2 amide bonds. The van der Waals surface area contributed by atoms with E-state index in [4.69, 9.17) is 0 Å². The molecule has 9 nitrogen and oxygen atoms in total. The number of pyridine rings is 1. The van der Waals surface area contributed by atoms with Crippen molar-refractivity contribution in [2.45, 2.75) is 50.2 Å². The molecule has 5 N–H and O–H groups in total. The van der Waals surface area contributed by atoms with Crippen LogP contribution in [0.4, 0.5) is 14.5 Å². The van der Waals surface area contributed by atoms with Gasteiger partial charge >= 0.3 is 0 Å². The Morgan fingerprint density at radius 2 is 2.03 bits per heavy atom. The smallest absolute Gasteiger partial charge is 0.253 e. The first-order valence-electron chi connectivity index (χ1n) is 12.1. The van der Waals surface area contributed by atoms with Gasteiger partial charge in [0, 0.05) is 17.2 Å². The highest BCUT2D eigenvalue weighted by molar-refractivity contribution is 9.10. The summed E-state index contributed by atoms with van der Waals surface area (Å²) < 4.78 is 28.0. The molecule has 4 rings (SSSR count). The number of hydrogen-bond donors (Lipinski definition) is 5. The number of nitrogens with one attached hydrogen (secondary N) is 4. The van der Waals surface area contributed by atoms with E-state index in [1.807, 2.05) is 13.0 Å². The number of anilines is 1. The van der Waals surface area contributed by atoms with Crippen LogP contribution >= 0.6 is 15.9 Å². The molecule has 2 atom stereocenters. The highest BCUT2D eigenvalue weighted by Crippen LogP contribution is 2.53. The third kappa shape index (κ3) is 6.61. The highest BCUT2D eigenvalue weighted by Gasteiger charge is 2.52. The van der Waals surface area contributed by atoms with Gasteiger partial charge in [0.05, 0.1) is 48.1 Å². The standard InChI is InChI=1S/C25H29BrF2N6O3/c1-2-20(14-5-16(8-17(26)6-14)25(3-4-25)23(27)28)34-21(36)13-30-22(37)15-7-18(10-29-9-15)33-24-31-11-19(35)12-32-24/h5-10,19-20,23,35H,2-4,11-13H2,1H3,(H,30,37)(H,34,36)(H2,31,32,33).